The van der Waals surface area contributed by atoms with Crippen molar-refractivity contribution in [2.75, 3.05) is 13.2 Å². The van der Waals surface area contributed by atoms with E-state index in [-0.39, 0.29) is 0 Å². The van der Waals surface area contributed by atoms with E-state index in [1.807, 2.05) is 10.9 Å². The van der Waals surface area contributed by atoms with Gasteiger partial charge in [0, 0.05) is 13.2 Å². The Bertz CT molecular complexity index is 347. The maximum Gasteiger partial charge on any atom is 0.0757 e. The van der Waals surface area contributed by atoms with Crippen LogP contribution in [0.5, 0.6) is 0 Å². The van der Waals surface area contributed by atoms with Gasteiger partial charge in [0.1, 0.15) is 0 Å². The van der Waals surface area contributed by atoms with Crippen molar-refractivity contribution in [1.29, 1.82) is 0 Å². The van der Waals surface area contributed by atoms with E-state index in [1.165, 1.54) is 18.5 Å². The Hall–Kier alpha value is -0.940. The molecule has 1 aromatic heterocycles. The van der Waals surface area contributed by atoms with Crippen LogP contribution in [0.4, 0.5) is 0 Å². The van der Waals surface area contributed by atoms with E-state index < -0.39 is 0 Å². The summed E-state index contributed by atoms with van der Waals surface area (Å²) in [5.74, 6) is 0. The molecular weight excluding hydrogens is 228 g/mol. The van der Waals surface area contributed by atoms with Crippen LogP contribution in [0.3, 0.4) is 0 Å². The van der Waals surface area contributed by atoms with Gasteiger partial charge in [-0.05, 0) is 32.2 Å². The van der Waals surface area contributed by atoms with E-state index in [0.717, 1.165) is 32.5 Å². The van der Waals surface area contributed by atoms with E-state index in [2.05, 4.69) is 29.5 Å². The lowest BCUT2D eigenvalue weighted by atomic mass is 10.0. The van der Waals surface area contributed by atoms with E-state index in [0.29, 0.717) is 12.1 Å². The highest BCUT2D eigenvalue weighted by Crippen LogP contribution is 2.24. The van der Waals surface area contributed by atoms with Gasteiger partial charge in [0.15, 0.2) is 0 Å². The van der Waals surface area contributed by atoms with Crippen molar-refractivity contribution in [3.05, 3.63) is 11.9 Å². The third-order valence-corrected chi connectivity index (χ3v) is 3.41. The zero-order valence-electron chi connectivity index (χ0n) is 11.4. The first-order valence-corrected chi connectivity index (χ1v) is 7.08. The van der Waals surface area contributed by atoms with Crippen molar-refractivity contribution in [3.8, 4) is 0 Å². The maximum absolute atomic E-state index is 5.74. The molecule has 1 aliphatic heterocycles. The zero-order chi connectivity index (χ0) is 12.8. The summed E-state index contributed by atoms with van der Waals surface area (Å²) in [6, 6.07) is 0.305. The first kappa shape index (κ1) is 13.5. The largest absolute Gasteiger partial charge is 0.378 e. The summed E-state index contributed by atoms with van der Waals surface area (Å²) < 4.78 is 7.75. The summed E-state index contributed by atoms with van der Waals surface area (Å²) in [5, 5.41) is 11.7. The molecule has 2 heterocycles. The zero-order valence-corrected chi connectivity index (χ0v) is 11.4. The summed E-state index contributed by atoms with van der Waals surface area (Å²) in [6.07, 6.45) is 6.74. The predicted octanol–water partition coefficient (Wildman–Crippen LogP) is 1.91. The van der Waals surface area contributed by atoms with Crippen LogP contribution in [0.2, 0.25) is 0 Å². The second kappa shape index (κ2) is 6.85. The number of hydrogen-bond acceptors (Lipinski definition) is 4. The summed E-state index contributed by atoms with van der Waals surface area (Å²) in [7, 11) is 0. The Morgan fingerprint density at radius 1 is 1.56 bits per heavy atom. The second-order valence-corrected chi connectivity index (χ2v) is 4.86. The Morgan fingerprint density at radius 2 is 2.44 bits per heavy atom. The fraction of sp³-hybridized carbons (Fsp3) is 0.846. The lowest BCUT2D eigenvalue weighted by Crippen LogP contribution is -2.27. The highest BCUT2D eigenvalue weighted by molar-refractivity contribution is 5.03. The van der Waals surface area contributed by atoms with Gasteiger partial charge in [-0.2, -0.15) is 0 Å². The molecular formula is C13H24N4O. The van der Waals surface area contributed by atoms with Gasteiger partial charge in [0.2, 0.25) is 0 Å². The standard InChI is InChI=1S/C13H24N4O/c1-3-7-17-13(10-15-16-17)12(14-4-2)9-11-6-5-8-18-11/h10-12,14H,3-9H2,1-2H3. The van der Waals surface area contributed by atoms with E-state index in [4.69, 9.17) is 4.74 Å². The molecule has 5 heteroatoms. The molecule has 1 aromatic rings. The summed E-state index contributed by atoms with van der Waals surface area (Å²) >= 11 is 0. The van der Waals surface area contributed by atoms with E-state index >= 15 is 0 Å². The lowest BCUT2D eigenvalue weighted by Gasteiger charge is -2.21. The van der Waals surface area contributed by atoms with E-state index in [1.54, 1.807) is 0 Å². The molecule has 0 bridgehead atoms. The molecule has 0 aromatic carbocycles. The number of nitrogens with one attached hydrogen (secondary N) is 1. The molecule has 0 spiro atoms. The molecule has 0 radical (unpaired) electrons. The molecule has 5 nitrogen and oxygen atoms in total. The number of nitrogens with zero attached hydrogens (tertiary/aromatic N) is 3. The lowest BCUT2D eigenvalue weighted by molar-refractivity contribution is 0.0937. The minimum atomic E-state index is 0.305. The Morgan fingerprint density at radius 3 is 3.11 bits per heavy atom. The van der Waals surface area contributed by atoms with Gasteiger partial charge in [0.05, 0.1) is 24.0 Å². The minimum Gasteiger partial charge on any atom is -0.378 e. The molecule has 0 amide bonds. The first-order chi connectivity index (χ1) is 8.85. The molecule has 0 aliphatic carbocycles. The van der Waals surface area contributed by atoms with Crippen LogP contribution >= 0.6 is 0 Å². The van der Waals surface area contributed by atoms with Crippen LogP contribution in [0.25, 0.3) is 0 Å². The third kappa shape index (κ3) is 3.29. The summed E-state index contributed by atoms with van der Waals surface area (Å²) in [6.45, 7) is 7.09. The molecule has 2 rings (SSSR count). The average Bonchev–Trinajstić information content (AvgIpc) is 3.00. The van der Waals surface area contributed by atoms with Crippen LogP contribution in [-0.4, -0.2) is 34.2 Å². The highest BCUT2D eigenvalue weighted by Gasteiger charge is 2.23. The second-order valence-electron chi connectivity index (χ2n) is 4.86. The molecule has 1 aliphatic rings. The Kier molecular flexibility index (Phi) is 5.13. The van der Waals surface area contributed by atoms with Crippen LogP contribution in [-0.2, 0) is 11.3 Å². The molecule has 1 N–H and O–H groups in total. The topological polar surface area (TPSA) is 52.0 Å². The first-order valence-electron chi connectivity index (χ1n) is 7.08. The van der Waals surface area contributed by atoms with Crippen molar-refractivity contribution < 1.29 is 4.74 Å². The minimum absolute atomic E-state index is 0.305. The quantitative estimate of drug-likeness (QED) is 0.805. The monoisotopic (exact) mass is 252 g/mol. The molecule has 2 unspecified atom stereocenters. The normalized spacial score (nSPS) is 21.3. The van der Waals surface area contributed by atoms with E-state index in [9.17, 15) is 0 Å². The smallest absolute Gasteiger partial charge is 0.0757 e. The van der Waals surface area contributed by atoms with Crippen molar-refractivity contribution in [1.82, 2.24) is 20.3 Å². The van der Waals surface area contributed by atoms with Gasteiger partial charge in [-0.1, -0.05) is 19.1 Å². The SMILES string of the molecule is CCCn1nncc1C(CC1CCCO1)NCC. The van der Waals surface area contributed by atoms with Crippen molar-refractivity contribution >= 4 is 0 Å². The van der Waals surface area contributed by atoms with Gasteiger partial charge in [-0.15, -0.1) is 5.10 Å². The molecule has 1 saturated heterocycles. The Balaban J connectivity index is 2.04. The number of hydrogen-bond donors (Lipinski definition) is 1. The fourth-order valence-electron chi connectivity index (χ4n) is 2.57. The highest BCUT2D eigenvalue weighted by atomic mass is 16.5. The van der Waals surface area contributed by atoms with Crippen LogP contribution in [0, 0.1) is 0 Å². The van der Waals surface area contributed by atoms with Crippen molar-refractivity contribution in [2.45, 2.75) is 58.2 Å². The van der Waals surface area contributed by atoms with Crippen LogP contribution in [0.15, 0.2) is 6.20 Å². The van der Waals surface area contributed by atoms with Crippen LogP contribution < -0.4 is 5.32 Å². The maximum atomic E-state index is 5.74. The summed E-state index contributed by atoms with van der Waals surface area (Å²) in [5.41, 5.74) is 1.19. The fourth-order valence-corrected chi connectivity index (χ4v) is 2.57. The van der Waals surface area contributed by atoms with Gasteiger partial charge in [-0.3, -0.25) is 0 Å². The molecule has 102 valence electrons. The number of aromatic nitrogens is 3. The van der Waals surface area contributed by atoms with Gasteiger partial charge < -0.3 is 10.1 Å². The molecule has 2 atom stereocenters. The number of rotatable bonds is 7. The summed E-state index contributed by atoms with van der Waals surface area (Å²) in [4.78, 5) is 0. The molecule has 0 saturated carbocycles. The average molecular weight is 252 g/mol. The van der Waals surface area contributed by atoms with Gasteiger partial charge in [-0.25, -0.2) is 4.68 Å². The molecule has 1 fully saturated rings. The van der Waals surface area contributed by atoms with Gasteiger partial charge in [0.25, 0.3) is 0 Å². The predicted molar refractivity (Wildman–Crippen MR) is 70.3 cm³/mol. The Labute approximate surface area is 109 Å². The van der Waals surface area contributed by atoms with Crippen molar-refractivity contribution in [2.24, 2.45) is 0 Å². The molecule has 18 heavy (non-hydrogen) atoms. The van der Waals surface area contributed by atoms with Crippen molar-refractivity contribution in [3.63, 3.8) is 0 Å². The number of ether oxygens (including phenoxy) is 1. The number of aryl methyl sites for hydroxylation is 1. The third-order valence-electron chi connectivity index (χ3n) is 3.41. The van der Waals surface area contributed by atoms with Gasteiger partial charge >= 0.3 is 0 Å². The van der Waals surface area contributed by atoms with Crippen LogP contribution in [0.1, 0.15) is 51.3 Å².